The Labute approximate surface area is 213 Å². The predicted molar refractivity (Wildman–Crippen MR) is 131 cm³/mol. The van der Waals surface area contributed by atoms with Gasteiger partial charge in [0.25, 0.3) is 0 Å². The van der Waals surface area contributed by atoms with Gasteiger partial charge in [-0.3, -0.25) is 9.48 Å². The molecule has 198 valence electrons. The van der Waals surface area contributed by atoms with E-state index in [9.17, 15) is 18.0 Å². The normalized spacial score (nSPS) is 19.6. The van der Waals surface area contributed by atoms with Crippen LogP contribution in [-0.2, 0) is 17.4 Å². The largest absolute Gasteiger partial charge is 0.421 e. The molecule has 12 heteroatoms. The molecule has 0 spiro atoms. The molecule has 2 aromatic rings. The quantitative estimate of drug-likeness (QED) is 0.490. The fraction of sp³-hybridized carbons (Fsp3) is 0.667. The number of likely N-dealkylation sites (tertiary alicyclic amines) is 2. The van der Waals surface area contributed by atoms with Gasteiger partial charge < -0.3 is 20.4 Å². The van der Waals surface area contributed by atoms with Crippen molar-refractivity contribution in [3.63, 3.8) is 0 Å². The molecule has 0 radical (unpaired) electrons. The first-order chi connectivity index (χ1) is 18.5. The summed E-state index contributed by atoms with van der Waals surface area (Å²) in [5.74, 6) is -0.239. The lowest BCUT2D eigenvalue weighted by atomic mass is 10.1. The van der Waals surface area contributed by atoms with E-state index >= 15 is 0 Å². The Morgan fingerprint density at radius 1 is 1.22 bits per heavy atom. The first-order valence-electron chi connectivity index (χ1n) is 14.0. The topological polar surface area (TPSA) is 91.2 Å². The van der Waals surface area contributed by atoms with E-state index in [4.69, 9.17) is 4.11 Å². The van der Waals surface area contributed by atoms with Crippen molar-refractivity contribution in [2.45, 2.75) is 64.1 Å². The van der Waals surface area contributed by atoms with Crippen molar-refractivity contribution >= 4 is 23.4 Å². The van der Waals surface area contributed by atoms with Crippen LogP contribution in [0.15, 0.2) is 12.4 Å². The second-order valence-corrected chi connectivity index (χ2v) is 9.24. The van der Waals surface area contributed by atoms with Crippen LogP contribution in [0, 0.1) is 0 Å². The summed E-state index contributed by atoms with van der Waals surface area (Å²) in [6, 6.07) is 0.0157. The van der Waals surface area contributed by atoms with Crippen molar-refractivity contribution in [3.05, 3.63) is 23.7 Å². The number of rotatable bonds is 9. The van der Waals surface area contributed by atoms with Crippen molar-refractivity contribution in [3.8, 4) is 0 Å². The molecule has 0 atom stereocenters. The molecule has 0 bridgehead atoms. The van der Waals surface area contributed by atoms with Crippen molar-refractivity contribution in [1.82, 2.24) is 29.5 Å². The average molecular weight is 512 g/mol. The number of aromatic nitrogens is 4. The van der Waals surface area contributed by atoms with Crippen LogP contribution < -0.4 is 10.6 Å². The summed E-state index contributed by atoms with van der Waals surface area (Å²) in [4.78, 5) is 23.2. The minimum Gasteiger partial charge on any atom is -0.369 e. The molecule has 2 aromatic heterocycles. The van der Waals surface area contributed by atoms with Crippen molar-refractivity contribution in [2.75, 3.05) is 50.3 Å². The maximum Gasteiger partial charge on any atom is 0.421 e. The van der Waals surface area contributed by atoms with Gasteiger partial charge in [-0.15, -0.1) is 0 Å². The number of carbonyl (C=O) groups excluding carboxylic acids is 1. The molecule has 9 nitrogen and oxygen atoms in total. The second kappa shape index (κ2) is 11.4. The van der Waals surface area contributed by atoms with Gasteiger partial charge in [-0.1, -0.05) is 6.92 Å². The van der Waals surface area contributed by atoms with Crippen LogP contribution in [0.3, 0.4) is 0 Å². The number of halogens is 3. The van der Waals surface area contributed by atoms with Gasteiger partial charge in [-0.05, 0) is 58.6 Å². The average Bonchev–Trinajstić information content (AvgIpc) is 3.29. The molecule has 1 amide bonds. The molecule has 0 saturated carbocycles. The zero-order chi connectivity index (χ0) is 28.2. The first-order valence-corrected chi connectivity index (χ1v) is 12.5. The number of nitrogens with zero attached hydrogens (tertiary/aromatic N) is 6. The van der Waals surface area contributed by atoms with Gasteiger partial charge in [-0.25, -0.2) is 4.98 Å². The Morgan fingerprint density at radius 3 is 2.72 bits per heavy atom. The minimum atomic E-state index is -4.63. The molecule has 2 saturated heterocycles. The molecule has 4 heterocycles. The number of anilines is 3. The zero-order valence-electron chi connectivity index (χ0n) is 23.4. The highest BCUT2D eigenvalue weighted by molar-refractivity contribution is 5.76. The van der Waals surface area contributed by atoms with Crippen LogP contribution in [0.5, 0.6) is 0 Å². The smallest absolute Gasteiger partial charge is 0.369 e. The fourth-order valence-electron chi connectivity index (χ4n) is 4.59. The lowest BCUT2D eigenvalue weighted by Crippen LogP contribution is -2.36. The van der Waals surface area contributed by atoms with Crippen molar-refractivity contribution < 1.29 is 22.1 Å². The number of alkyl halides is 3. The molecule has 4 rings (SSSR count). The molecule has 2 fully saturated rings. The van der Waals surface area contributed by atoms with Crippen LogP contribution in [0.2, 0.25) is 0 Å². The number of hydrogen-bond acceptors (Lipinski definition) is 7. The molecule has 2 N–H and O–H groups in total. The van der Waals surface area contributed by atoms with Gasteiger partial charge in [-0.2, -0.15) is 23.3 Å². The lowest BCUT2D eigenvalue weighted by molar-refractivity contribution is -0.137. The number of nitrogens with one attached hydrogen (secondary N) is 2. The van der Waals surface area contributed by atoms with E-state index in [1.54, 1.807) is 15.8 Å². The van der Waals surface area contributed by atoms with Crippen LogP contribution >= 0.6 is 0 Å². The first kappa shape index (κ1) is 22.3. The Kier molecular flexibility index (Phi) is 7.10. The van der Waals surface area contributed by atoms with Crippen LogP contribution in [0.1, 0.15) is 66.9 Å². The zero-order valence-corrected chi connectivity index (χ0v) is 20.4. The third-order valence-corrected chi connectivity index (χ3v) is 6.64. The van der Waals surface area contributed by atoms with Crippen LogP contribution in [-0.4, -0.2) is 75.2 Å². The summed E-state index contributed by atoms with van der Waals surface area (Å²) in [6.45, 7) is 2.03. The standard InChI is InChI=1S/C24H35F3N8O/c1-3-19-20(16-35(32-19)17-8-13-33(2)14-9-17)30-23-29-15-18(24(25,26)27)22(31-23)28-10-6-12-34-11-5-4-7-21(34)36/h15-17H,3-14H2,1-2H3,(H2,28,29,30,31)/i2D3. The minimum absolute atomic E-state index is 0.00294. The number of carbonyl (C=O) groups is 1. The molecule has 0 unspecified atom stereocenters. The highest BCUT2D eigenvalue weighted by atomic mass is 19.4. The molecule has 36 heavy (non-hydrogen) atoms. The monoisotopic (exact) mass is 511 g/mol. The number of amides is 1. The summed E-state index contributed by atoms with van der Waals surface area (Å²) in [5.41, 5.74) is 0.331. The molecule has 2 aliphatic rings. The van der Waals surface area contributed by atoms with E-state index in [0.29, 0.717) is 69.7 Å². The van der Waals surface area contributed by atoms with Gasteiger partial charge in [0.2, 0.25) is 11.9 Å². The fourth-order valence-corrected chi connectivity index (χ4v) is 4.59. The van der Waals surface area contributed by atoms with Gasteiger partial charge >= 0.3 is 6.18 Å². The maximum absolute atomic E-state index is 13.6. The van der Waals surface area contributed by atoms with Crippen molar-refractivity contribution in [1.29, 1.82) is 0 Å². The summed E-state index contributed by atoms with van der Waals surface area (Å²) < 4.78 is 65.5. The Hall–Kier alpha value is -2.89. The van der Waals surface area contributed by atoms with E-state index < -0.39 is 18.7 Å². The molecule has 0 aliphatic carbocycles. The summed E-state index contributed by atoms with van der Waals surface area (Å²) in [6.07, 6.45) is 2.54. The van der Waals surface area contributed by atoms with E-state index in [0.717, 1.165) is 19.0 Å². The lowest BCUT2D eigenvalue weighted by Gasteiger charge is -2.28. The summed E-state index contributed by atoms with van der Waals surface area (Å²) in [5, 5.41) is 10.4. The molecule has 0 aromatic carbocycles. The Morgan fingerprint density at radius 2 is 2.03 bits per heavy atom. The summed E-state index contributed by atoms with van der Waals surface area (Å²) in [7, 11) is 0. The van der Waals surface area contributed by atoms with Crippen LogP contribution in [0.25, 0.3) is 0 Å². The van der Waals surface area contributed by atoms with Gasteiger partial charge in [0.1, 0.15) is 11.4 Å². The molecular formula is C24H35F3N8O. The van der Waals surface area contributed by atoms with Gasteiger partial charge in [0.05, 0.1) is 17.4 Å². The third kappa shape index (κ3) is 6.45. The number of aryl methyl sites for hydroxylation is 1. The van der Waals surface area contributed by atoms with E-state index in [1.807, 2.05) is 6.92 Å². The Bertz CT molecular complexity index is 1130. The number of piperidine rings is 2. The third-order valence-electron chi connectivity index (χ3n) is 6.64. The highest BCUT2D eigenvalue weighted by Crippen LogP contribution is 2.34. The maximum atomic E-state index is 13.6. The van der Waals surface area contributed by atoms with E-state index in [-0.39, 0.29) is 30.3 Å². The van der Waals surface area contributed by atoms with Gasteiger partial charge in [0, 0.05) is 42.6 Å². The molecular weight excluding hydrogens is 473 g/mol. The summed E-state index contributed by atoms with van der Waals surface area (Å²) >= 11 is 0. The number of hydrogen-bond donors (Lipinski definition) is 2. The van der Waals surface area contributed by atoms with E-state index in [1.165, 1.54) is 4.90 Å². The highest BCUT2D eigenvalue weighted by Gasteiger charge is 2.35. The second-order valence-electron chi connectivity index (χ2n) is 9.24. The SMILES string of the molecule is [2H]C([2H])([2H])N1CCC(n2cc(Nc3ncc(C(F)(F)F)c(NCCCN4CCCCC4=O)n3)c(CC)n2)CC1. The van der Waals surface area contributed by atoms with E-state index in [2.05, 4.69) is 25.7 Å². The molecule has 2 aliphatic heterocycles. The van der Waals surface area contributed by atoms with Gasteiger partial charge in [0.15, 0.2) is 0 Å². The van der Waals surface area contributed by atoms with Crippen LogP contribution in [0.4, 0.5) is 30.6 Å². The van der Waals surface area contributed by atoms with Crippen molar-refractivity contribution in [2.24, 2.45) is 0 Å². The Balaban J connectivity index is 1.43. The predicted octanol–water partition coefficient (Wildman–Crippen LogP) is 4.08.